The summed E-state index contributed by atoms with van der Waals surface area (Å²) in [6, 6.07) is 16.1. The largest absolute Gasteiger partial charge is 0.493 e. The van der Waals surface area contributed by atoms with Gasteiger partial charge in [-0.2, -0.15) is 5.26 Å². The van der Waals surface area contributed by atoms with Crippen LogP contribution in [0.15, 0.2) is 60.2 Å². The summed E-state index contributed by atoms with van der Waals surface area (Å²) in [6.07, 6.45) is 1.39. The Morgan fingerprint density at radius 2 is 1.88 bits per heavy atom. The molecule has 0 spiro atoms. The van der Waals surface area contributed by atoms with Gasteiger partial charge in [0.05, 0.1) is 22.8 Å². The Balaban J connectivity index is 1.84. The summed E-state index contributed by atoms with van der Waals surface area (Å²) < 4.78 is 24.2. The highest BCUT2D eigenvalue weighted by molar-refractivity contribution is 6.34. The SMILES string of the molecule is COc1cc(/C=C(\C#N)C(=O)Nc2c(C)cccc2Cl)cc(Cl)c1OCc1ccc(F)cc1. The zero-order valence-corrected chi connectivity index (χ0v) is 19.3. The quantitative estimate of drug-likeness (QED) is 0.303. The molecule has 0 aromatic heterocycles. The Hall–Kier alpha value is -3.53. The number of nitrogens with one attached hydrogen (secondary N) is 1. The first-order chi connectivity index (χ1) is 15.8. The smallest absolute Gasteiger partial charge is 0.266 e. The van der Waals surface area contributed by atoms with E-state index >= 15 is 0 Å². The van der Waals surface area contributed by atoms with E-state index in [1.54, 1.807) is 49.4 Å². The fourth-order valence-electron chi connectivity index (χ4n) is 2.99. The van der Waals surface area contributed by atoms with Crippen LogP contribution in [0.2, 0.25) is 10.0 Å². The average molecular weight is 485 g/mol. The van der Waals surface area contributed by atoms with E-state index in [9.17, 15) is 14.4 Å². The number of benzene rings is 3. The molecule has 0 aliphatic heterocycles. The van der Waals surface area contributed by atoms with Crippen molar-refractivity contribution in [1.29, 1.82) is 5.26 Å². The molecule has 1 amide bonds. The predicted octanol–water partition coefficient (Wildman–Crippen LogP) is 6.57. The van der Waals surface area contributed by atoms with E-state index in [0.29, 0.717) is 22.0 Å². The summed E-state index contributed by atoms with van der Waals surface area (Å²) in [5.74, 6) is -0.348. The van der Waals surface area contributed by atoms with Crippen LogP contribution in [0.25, 0.3) is 6.08 Å². The molecule has 1 N–H and O–H groups in total. The van der Waals surface area contributed by atoms with Gasteiger partial charge in [-0.25, -0.2) is 4.39 Å². The maximum absolute atomic E-state index is 13.1. The first kappa shape index (κ1) is 24.1. The average Bonchev–Trinajstić information content (AvgIpc) is 2.79. The van der Waals surface area contributed by atoms with Crippen molar-refractivity contribution >= 4 is 40.9 Å². The Morgan fingerprint density at radius 1 is 1.15 bits per heavy atom. The molecule has 168 valence electrons. The van der Waals surface area contributed by atoms with Gasteiger partial charge in [0.1, 0.15) is 24.1 Å². The summed E-state index contributed by atoms with van der Waals surface area (Å²) in [7, 11) is 1.45. The molecule has 0 fully saturated rings. The summed E-state index contributed by atoms with van der Waals surface area (Å²) in [5.41, 5.74) is 2.27. The first-order valence-electron chi connectivity index (χ1n) is 9.75. The number of nitrogens with zero attached hydrogens (tertiary/aromatic N) is 1. The standard InChI is InChI=1S/C25H19Cl2FN2O3/c1-15-4-3-5-20(26)23(15)30-25(31)18(13-29)10-17-11-21(27)24(22(12-17)32-2)33-14-16-6-8-19(28)9-7-16/h3-12H,14H2,1-2H3,(H,30,31)/b18-10+. The topological polar surface area (TPSA) is 71.3 Å². The highest BCUT2D eigenvalue weighted by Crippen LogP contribution is 2.37. The van der Waals surface area contributed by atoms with Crippen LogP contribution >= 0.6 is 23.2 Å². The number of hydrogen-bond donors (Lipinski definition) is 1. The second kappa shape index (κ2) is 10.9. The van der Waals surface area contributed by atoms with Gasteiger partial charge in [-0.1, -0.05) is 47.5 Å². The first-order valence-corrected chi connectivity index (χ1v) is 10.5. The number of ether oxygens (including phenoxy) is 2. The normalized spacial score (nSPS) is 11.0. The van der Waals surface area contributed by atoms with Crippen molar-refractivity contribution < 1.29 is 18.7 Å². The van der Waals surface area contributed by atoms with Crippen LogP contribution in [0.1, 0.15) is 16.7 Å². The number of carbonyl (C=O) groups excluding carboxylic acids is 1. The van der Waals surface area contributed by atoms with Crippen molar-refractivity contribution in [2.45, 2.75) is 13.5 Å². The van der Waals surface area contributed by atoms with Crippen LogP contribution in [0.4, 0.5) is 10.1 Å². The third-order valence-electron chi connectivity index (χ3n) is 4.68. The molecule has 3 aromatic carbocycles. The number of aryl methyl sites for hydroxylation is 1. The molecule has 3 rings (SSSR count). The van der Waals surface area contributed by atoms with E-state index in [-0.39, 0.29) is 28.8 Å². The van der Waals surface area contributed by atoms with Crippen molar-refractivity contribution in [1.82, 2.24) is 0 Å². The minimum atomic E-state index is -0.611. The Kier molecular flexibility index (Phi) is 7.94. The van der Waals surface area contributed by atoms with Crippen molar-refractivity contribution in [2.24, 2.45) is 0 Å². The van der Waals surface area contributed by atoms with Gasteiger partial charge in [0.2, 0.25) is 0 Å². The van der Waals surface area contributed by atoms with E-state index in [2.05, 4.69) is 5.32 Å². The van der Waals surface area contributed by atoms with Crippen LogP contribution in [0.3, 0.4) is 0 Å². The van der Waals surface area contributed by atoms with Gasteiger partial charge in [-0.05, 0) is 60.0 Å². The van der Waals surface area contributed by atoms with E-state index in [0.717, 1.165) is 11.1 Å². The molecule has 0 radical (unpaired) electrons. The minimum absolute atomic E-state index is 0.146. The van der Waals surface area contributed by atoms with Crippen LogP contribution in [-0.2, 0) is 11.4 Å². The fraction of sp³-hybridized carbons (Fsp3) is 0.120. The number of nitriles is 1. The number of amides is 1. The van der Waals surface area contributed by atoms with Crippen LogP contribution in [-0.4, -0.2) is 13.0 Å². The lowest BCUT2D eigenvalue weighted by Gasteiger charge is -2.14. The second-order valence-electron chi connectivity index (χ2n) is 7.00. The molecule has 3 aromatic rings. The van der Waals surface area contributed by atoms with E-state index in [1.807, 2.05) is 6.07 Å². The predicted molar refractivity (Wildman–Crippen MR) is 127 cm³/mol. The molecule has 33 heavy (non-hydrogen) atoms. The lowest BCUT2D eigenvalue weighted by molar-refractivity contribution is -0.112. The lowest BCUT2D eigenvalue weighted by atomic mass is 10.1. The Morgan fingerprint density at radius 3 is 2.52 bits per heavy atom. The van der Waals surface area contributed by atoms with Gasteiger partial charge in [-0.3, -0.25) is 4.79 Å². The summed E-state index contributed by atoms with van der Waals surface area (Å²) in [6.45, 7) is 1.95. The number of carbonyl (C=O) groups is 1. The van der Waals surface area contributed by atoms with Crippen molar-refractivity contribution in [3.05, 3.63) is 92.7 Å². The lowest BCUT2D eigenvalue weighted by Crippen LogP contribution is -2.14. The summed E-state index contributed by atoms with van der Waals surface area (Å²) >= 11 is 12.5. The zero-order valence-electron chi connectivity index (χ0n) is 17.8. The number of hydrogen-bond acceptors (Lipinski definition) is 4. The third kappa shape index (κ3) is 6.04. The van der Waals surface area contributed by atoms with Crippen molar-refractivity contribution in [3.8, 4) is 17.6 Å². The summed E-state index contributed by atoms with van der Waals surface area (Å²) in [5, 5.41) is 12.8. The van der Waals surface area contributed by atoms with Crippen LogP contribution in [0.5, 0.6) is 11.5 Å². The molecule has 0 heterocycles. The highest BCUT2D eigenvalue weighted by atomic mass is 35.5. The number of anilines is 1. The molecular weight excluding hydrogens is 466 g/mol. The molecule has 0 saturated carbocycles. The fourth-order valence-corrected chi connectivity index (χ4v) is 3.53. The molecular formula is C25H19Cl2FN2O3. The molecule has 0 aliphatic rings. The molecule has 5 nitrogen and oxygen atoms in total. The zero-order chi connectivity index (χ0) is 24.0. The highest BCUT2D eigenvalue weighted by Gasteiger charge is 2.16. The molecule has 0 bridgehead atoms. The molecule has 0 unspecified atom stereocenters. The van der Waals surface area contributed by atoms with Gasteiger partial charge in [0.15, 0.2) is 11.5 Å². The van der Waals surface area contributed by atoms with Gasteiger partial charge >= 0.3 is 0 Å². The van der Waals surface area contributed by atoms with Gasteiger partial charge in [0.25, 0.3) is 5.91 Å². The molecule has 0 saturated heterocycles. The van der Waals surface area contributed by atoms with Crippen molar-refractivity contribution in [3.63, 3.8) is 0 Å². The number of methoxy groups -OCH3 is 1. The van der Waals surface area contributed by atoms with Crippen molar-refractivity contribution in [2.75, 3.05) is 12.4 Å². The maximum atomic E-state index is 13.1. The number of halogens is 3. The Bertz CT molecular complexity index is 1230. The third-order valence-corrected chi connectivity index (χ3v) is 5.28. The van der Waals surface area contributed by atoms with Crippen LogP contribution in [0, 0.1) is 24.1 Å². The van der Waals surface area contributed by atoms with E-state index in [4.69, 9.17) is 32.7 Å². The van der Waals surface area contributed by atoms with Gasteiger partial charge in [-0.15, -0.1) is 0 Å². The number of para-hydroxylation sites is 1. The monoisotopic (exact) mass is 484 g/mol. The second-order valence-corrected chi connectivity index (χ2v) is 7.82. The molecule has 8 heteroatoms. The van der Waals surface area contributed by atoms with Gasteiger partial charge < -0.3 is 14.8 Å². The van der Waals surface area contributed by atoms with Gasteiger partial charge in [0, 0.05) is 0 Å². The molecule has 0 aliphatic carbocycles. The van der Waals surface area contributed by atoms with Crippen LogP contribution < -0.4 is 14.8 Å². The minimum Gasteiger partial charge on any atom is -0.493 e. The maximum Gasteiger partial charge on any atom is 0.266 e. The van der Waals surface area contributed by atoms with E-state index in [1.165, 1.54) is 25.3 Å². The Labute approximate surface area is 201 Å². The molecule has 0 atom stereocenters. The van der Waals surface area contributed by atoms with E-state index < -0.39 is 5.91 Å². The number of rotatable bonds is 7. The summed E-state index contributed by atoms with van der Waals surface area (Å²) in [4.78, 5) is 12.7.